The Morgan fingerprint density at radius 3 is 2.81 bits per heavy atom. The summed E-state index contributed by atoms with van der Waals surface area (Å²) in [4.78, 5) is 12.1. The van der Waals surface area contributed by atoms with Crippen LogP contribution in [0.5, 0.6) is 0 Å². The number of terminal acetylenes is 1. The fourth-order valence-electron chi connectivity index (χ4n) is 3.33. The molecule has 2 nitrogen and oxygen atoms in total. The van der Waals surface area contributed by atoms with E-state index in [1.165, 1.54) is 19.3 Å². The second kappa shape index (κ2) is 4.91. The Morgan fingerprint density at radius 2 is 2.31 bits per heavy atom. The van der Waals surface area contributed by atoms with Crippen molar-refractivity contribution < 1.29 is 4.79 Å². The van der Waals surface area contributed by atoms with Gasteiger partial charge in [-0.25, -0.2) is 0 Å². The van der Waals surface area contributed by atoms with E-state index in [2.05, 4.69) is 18.2 Å². The molecular formula is C14H21NO. The second-order valence-corrected chi connectivity index (χ2v) is 5.30. The summed E-state index contributed by atoms with van der Waals surface area (Å²) < 4.78 is 0. The van der Waals surface area contributed by atoms with Gasteiger partial charge in [0.25, 0.3) is 0 Å². The normalized spacial score (nSPS) is 33.4. The Kier molecular flexibility index (Phi) is 3.53. The average molecular weight is 219 g/mol. The smallest absolute Gasteiger partial charge is 0.224 e. The van der Waals surface area contributed by atoms with Crippen LogP contribution >= 0.6 is 0 Å². The number of nitrogens with one attached hydrogen (secondary N) is 1. The van der Waals surface area contributed by atoms with Gasteiger partial charge in [-0.15, -0.1) is 6.42 Å². The third-order valence-corrected chi connectivity index (χ3v) is 4.17. The summed E-state index contributed by atoms with van der Waals surface area (Å²) in [5.74, 6) is 4.60. The fourth-order valence-corrected chi connectivity index (χ4v) is 3.33. The van der Waals surface area contributed by atoms with Crippen molar-refractivity contribution in [2.45, 2.75) is 51.5 Å². The van der Waals surface area contributed by atoms with Crippen molar-refractivity contribution in [1.29, 1.82) is 0 Å². The van der Waals surface area contributed by atoms with E-state index in [1.807, 2.05) is 0 Å². The molecule has 0 aromatic rings. The van der Waals surface area contributed by atoms with Crippen molar-refractivity contribution in [1.82, 2.24) is 5.32 Å². The molecule has 2 fully saturated rings. The minimum Gasteiger partial charge on any atom is -0.342 e. The zero-order valence-electron chi connectivity index (χ0n) is 10.0. The zero-order chi connectivity index (χ0) is 11.5. The molecule has 0 aromatic carbocycles. The van der Waals surface area contributed by atoms with Gasteiger partial charge in [0.15, 0.2) is 0 Å². The van der Waals surface area contributed by atoms with E-state index < -0.39 is 0 Å². The van der Waals surface area contributed by atoms with E-state index in [0.29, 0.717) is 5.92 Å². The molecule has 0 saturated heterocycles. The van der Waals surface area contributed by atoms with E-state index in [4.69, 9.17) is 6.42 Å². The van der Waals surface area contributed by atoms with Crippen molar-refractivity contribution in [2.75, 3.05) is 0 Å². The lowest BCUT2D eigenvalue weighted by Crippen LogP contribution is -2.39. The monoisotopic (exact) mass is 219 g/mol. The molecule has 88 valence electrons. The summed E-state index contributed by atoms with van der Waals surface area (Å²) in [7, 11) is 0. The van der Waals surface area contributed by atoms with E-state index in [0.717, 1.165) is 25.2 Å². The van der Waals surface area contributed by atoms with Gasteiger partial charge in [0.05, 0.1) is 6.04 Å². The molecule has 2 saturated carbocycles. The maximum absolute atomic E-state index is 12.1. The lowest BCUT2D eigenvalue weighted by molar-refractivity contribution is -0.126. The highest BCUT2D eigenvalue weighted by molar-refractivity contribution is 5.80. The highest BCUT2D eigenvalue weighted by Gasteiger charge is 2.43. The number of hydrogen-bond donors (Lipinski definition) is 1. The quantitative estimate of drug-likeness (QED) is 0.722. The molecule has 2 aliphatic rings. The summed E-state index contributed by atoms with van der Waals surface area (Å²) in [5, 5.41) is 3.02. The SMILES string of the molecule is C#CC(CCC)NC(=O)C1CC2CCC1C2. The van der Waals surface area contributed by atoms with Crippen LogP contribution in [0.15, 0.2) is 0 Å². The number of carbonyl (C=O) groups is 1. The number of rotatable bonds is 4. The summed E-state index contributed by atoms with van der Waals surface area (Å²) in [5.41, 5.74) is 0. The molecule has 4 atom stereocenters. The molecule has 0 spiro atoms. The first-order chi connectivity index (χ1) is 7.74. The average Bonchev–Trinajstić information content (AvgIpc) is 2.89. The lowest BCUT2D eigenvalue weighted by Gasteiger charge is -2.22. The van der Waals surface area contributed by atoms with E-state index in [1.54, 1.807) is 0 Å². The standard InChI is InChI=1S/C14H21NO/c1-3-5-12(4-2)15-14(16)13-9-10-6-7-11(13)8-10/h2,10-13H,3,5-9H2,1H3,(H,15,16). The van der Waals surface area contributed by atoms with Crippen molar-refractivity contribution in [3.63, 3.8) is 0 Å². The predicted molar refractivity (Wildman–Crippen MR) is 64.6 cm³/mol. The van der Waals surface area contributed by atoms with Crippen molar-refractivity contribution >= 4 is 5.91 Å². The third-order valence-electron chi connectivity index (χ3n) is 4.17. The van der Waals surface area contributed by atoms with Gasteiger partial charge in [-0.3, -0.25) is 4.79 Å². The number of hydrogen-bond acceptors (Lipinski definition) is 1. The molecule has 0 heterocycles. The number of amides is 1. The van der Waals surface area contributed by atoms with Crippen LogP contribution in [0.1, 0.15) is 45.4 Å². The summed E-state index contributed by atoms with van der Waals surface area (Å²) in [6.45, 7) is 2.09. The molecule has 0 aromatic heterocycles. The van der Waals surface area contributed by atoms with Gasteiger partial charge in [0.2, 0.25) is 5.91 Å². The van der Waals surface area contributed by atoms with Gasteiger partial charge < -0.3 is 5.32 Å². The van der Waals surface area contributed by atoms with E-state index >= 15 is 0 Å². The molecule has 0 aliphatic heterocycles. The maximum atomic E-state index is 12.1. The molecular weight excluding hydrogens is 198 g/mol. The molecule has 2 heteroatoms. The van der Waals surface area contributed by atoms with Gasteiger partial charge in [0, 0.05) is 5.92 Å². The van der Waals surface area contributed by atoms with Crippen LogP contribution in [0.2, 0.25) is 0 Å². The van der Waals surface area contributed by atoms with Gasteiger partial charge in [-0.1, -0.05) is 25.7 Å². The minimum absolute atomic E-state index is 0.0587. The Morgan fingerprint density at radius 1 is 1.50 bits per heavy atom. The van der Waals surface area contributed by atoms with Crippen LogP contribution in [0.4, 0.5) is 0 Å². The Labute approximate surface area is 98.2 Å². The predicted octanol–water partition coefficient (Wildman–Crippen LogP) is 2.34. The maximum Gasteiger partial charge on any atom is 0.224 e. The largest absolute Gasteiger partial charge is 0.342 e. The van der Waals surface area contributed by atoms with Crippen molar-refractivity contribution in [2.24, 2.45) is 17.8 Å². The van der Waals surface area contributed by atoms with Gasteiger partial charge >= 0.3 is 0 Å². The lowest BCUT2D eigenvalue weighted by atomic mass is 9.88. The zero-order valence-corrected chi connectivity index (χ0v) is 10.0. The van der Waals surface area contributed by atoms with Crippen LogP contribution in [-0.4, -0.2) is 11.9 Å². The highest BCUT2D eigenvalue weighted by atomic mass is 16.2. The van der Waals surface area contributed by atoms with Crippen LogP contribution < -0.4 is 5.32 Å². The first-order valence-corrected chi connectivity index (χ1v) is 6.51. The third kappa shape index (κ3) is 2.24. The molecule has 1 amide bonds. The van der Waals surface area contributed by atoms with E-state index in [-0.39, 0.29) is 17.9 Å². The molecule has 2 bridgehead atoms. The minimum atomic E-state index is -0.0587. The molecule has 4 unspecified atom stereocenters. The molecule has 16 heavy (non-hydrogen) atoms. The van der Waals surface area contributed by atoms with Crippen LogP contribution in [0, 0.1) is 30.1 Å². The summed E-state index contributed by atoms with van der Waals surface area (Å²) in [6.07, 6.45) is 12.3. The first kappa shape index (κ1) is 11.5. The Bertz CT molecular complexity index is 304. The molecule has 2 aliphatic carbocycles. The second-order valence-electron chi connectivity index (χ2n) is 5.30. The van der Waals surface area contributed by atoms with Crippen molar-refractivity contribution in [3.05, 3.63) is 0 Å². The number of carbonyl (C=O) groups excluding carboxylic acids is 1. The van der Waals surface area contributed by atoms with Crippen molar-refractivity contribution in [3.8, 4) is 12.3 Å². The molecule has 0 radical (unpaired) electrons. The topological polar surface area (TPSA) is 29.1 Å². The van der Waals surface area contributed by atoms with Gasteiger partial charge in [-0.2, -0.15) is 0 Å². The fraction of sp³-hybridized carbons (Fsp3) is 0.786. The van der Waals surface area contributed by atoms with Crippen LogP contribution in [0.25, 0.3) is 0 Å². The van der Waals surface area contributed by atoms with E-state index in [9.17, 15) is 4.79 Å². The summed E-state index contributed by atoms with van der Waals surface area (Å²) >= 11 is 0. The molecule has 2 rings (SSSR count). The van der Waals surface area contributed by atoms with Gasteiger partial charge in [0.1, 0.15) is 0 Å². The van der Waals surface area contributed by atoms with Crippen LogP contribution in [-0.2, 0) is 4.79 Å². The Hall–Kier alpha value is -0.970. The van der Waals surface area contributed by atoms with Crippen LogP contribution in [0.3, 0.4) is 0 Å². The number of fused-ring (bicyclic) bond motifs is 2. The summed E-state index contributed by atoms with van der Waals surface area (Å²) in [6, 6.07) is -0.0587. The Balaban J connectivity index is 1.86. The van der Waals surface area contributed by atoms with Gasteiger partial charge in [-0.05, 0) is 37.5 Å². The highest BCUT2D eigenvalue weighted by Crippen LogP contribution is 2.48. The molecule has 1 N–H and O–H groups in total. The first-order valence-electron chi connectivity index (χ1n) is 6.51.